The van der Waals surface area contributed by atoms with Crippen LogP contribution >= 0.6 is 0 Å². The number of fused-ring (bicyclic) bond motifs is 1. The normalized spacial score (nSPS) is 32.9. The van der Waals surface area contributed by atoms with Gasteiger partial charge in [-0.15, -0.1) is 0 Å². The lowest BCUT2D eigenvalue weighted by Crippen LogP contribution is -2.53. The number of carbonyl (C=O) groups excluding carboxylic acids is 1. The summed E-state index contributed by atoms with van der Waals surface area (Å²) >= 11 is 0. The summed E-state index contributed by atoms with van der Waals surface area (Å²) in [6.45, 7) is 2.42. The molecule has 1 saturated heterocycles. The SMILES string of the molecule is NNOC(=O)CCN1CCC2(O)CCCCC2C1. The van der Waals surface area contributed by atoms with Crippen LogP contribution in [0.5, 0.6) is 0 Å². The van der Waals surface area contributed by atoms with Gasteiger partial charge in [-0.05, 0) is 19.3 Å². The van der Waals surface area contributed by atoms with E-state index in [0.29, 0.717) is 18.9 Å². The van der Waals surface area contributed by atoms with Crippen molar-refractivity contribution >= 4 is 5.97 Å². The molecule has 1 aliphatic carbocycles. The number of likely N-dealkylation sites (tertiary alicyclic amines) is 1. The van der Waals surface area contributed by atoms with E-state index in [-0.39, 0.29) is 5.97 Å². The van der Waals surface area contributed by atoms with Crippen molar-refractivity contribution in [2.45, 2.75) is 44.1 Å². The molecule has 1 heterocycles. The van der Waals surface area contributed by atoms with E-state index in [4.69, 9.17) is 5.84 Å². The number of nitrogens with one attached hydrogen (secondary N) is 1. The van der Waals surface area contributed by atoms with Gasteiger partial charge in [0.2, 0.25) is 0 Å². The maximum Gasteiger partial charge on any atom is 0.327 e. The molecule has 0 amide bonds. The van der Waals surface area contributed by atoms with Crippen LogP contribution < -0.4 is 11.4 Å². The van der Waals surface area contributed by atoms with Crippen LogP contribution in [0.3, 0.4) is 0 Å². The number of nitrogens with zero attached hydrogens (tertiary/aromatic N) is 1. The summed E-state index contributed by atoms with van der Waals surface area (Å²) < 4.78 is 0. The molecule has 2 atom stereocenters. The van der Waals surface area contributed by atoms with Crippen LogP contribution in [0.4, 0.5) is 0 Å². The first-order chi connectivity index (χ1) is 8.64. The van der Waals surface area contributed by atoms with Crippen molar-refractivity contribution in [3.05, 3.63) is 0 Å². The second kappa shape index (κ2) is 5.97. The van der Waals surface area contributed by atoms with Crippen molar-refractivity contribution in [1.82, 2.24) is 10.5 Å². The zero-order valence-electron chi connectivity index (χ0n) is 10.7. The fraction of sp³-hybridized carbons (Fsp3) is 0.917. The second-order valence-corrected chi connectivity index (χ2v) is 5.44. The first kappa shape index (κ1) is 13.7. The first-order valence-electron chi connectivity index (χ1n) is 6.74. The van der Waals surface area contributed by atoms with Crippen LogP contribution in [0.1, 0.15) is 38.5 Å². The molecule has 6 nitrogen and oxygen atoms in total. The van der Waals surface area contributed by atoms with E-state index in [9.17, 15) is 9.90 Å². The lowest BCUT2D eigenvalue weighted by molar-refractivity contribution is -0.152. The van der Waals surface area contributed by atoms with E-state index in [2.05, 4.69) is 9.74 Å². The largest absolute Gasteiger partial charge is 0.390 e. The van der Waals surface area contributed by atoms with Crippen molar-refractivity contribution in [1.29, 1.82) is 0 Å². The molecule has 0 bridgehead atoms. The fourth-order valence-electron chi connectivity index (χ4n) is 3.21. The Bertz CT molecular complexity index is 300. The van der Waals surface area contributed by atoms with Gasteiger partial charge in [-0.25, -0.2) is 5.84 Å². The number of hydrazine groups is 1. The maximum absolute atomic E-state index is 11.2. The second-order valence-electron chi connectivity index (χ2n) is 5.44. The van der Waals surface area contributed by atoms with E-state index in [1.54, 1.807) is 0 Å². The molecule has 0 spiro atoms. The molecule has 6 heteroatoms. The van der Waals surface area contributed by atoms with Gasteiger partial charge in [-0.2, -0.15) is 0 Å². The number of nitrogens with two attached hydrogens (primary N) is 1. The Labute approximate surface area is 107 Å². The molecular formula is C12H23N3O3. The molecule has 18 heavy (non-hydrogen) atoms. The number of aliphatic hydroxyl groups is 1. The third kappa shape index (κ3) is 3.20. The Kier molecular flexibility index (Phi) is 4.55. The summed E-state index contributed by atoms with van der Waals surface area (Å²) in [5, 5.41) is 10.5. The Morgan fingerprint density at radius 1 is 1.50 bits per heavy atom. The monoisotopic (exact) mass is 257 g/mol. The Morgan fingerprint density at radius 2 is 2.33 bits per heavy atom. The molecule has 4 N–H and O–H groups in total. The third-order valence-corrected chi connectivity index (χ3v) is 4.32. The summed E-state index contributed by atoms with van der Waals surface area (Å²) in [4.78, 5) is 17.9. The number of hydrogen-bond acceptors (Lipinski definition) is 6. The minimum Gasteiger partial charge on any atom is -0.390 e. The zero-order valence-corrected chi connectivity index (χ0v) is 10.7. The molecule has 1 saturated carbocycles. The standard InChI is InChI=1S/C12H23N3O3/c13-14-18-11(16)4-7-15-8-6-12(17)5-2-1-3-10(12)9-15/h10,14,17H,1-9,13H2. The van der Waals surface area contributed by atoms with Crippen LogP contribution in [-0.4, -0.2) is 41.2 Å². The minimum atomic E-state index is -0.450. The van der Waals surface area contributed by atoms with Gasteiger partial charge in [-0.1, -0.05) is 18.4 Å². The molecule has 0 aromatic rings. The molecule has 2 aliphatic rings. The van der Waals surface area contributed by atoms with Crippen molar-refractivity contribution in [2.24, 2.45) is 11.8 Å². The van der Waals surface area contributed by atoms with Crippen molar-refractivity contribution in [3.8, 4) is 0 Å². The van der Waals surface area contributed by atoms with Crippen LogP contribution in [0.15, 0.2) is 0 Å². The van der Waals surface area contributed by atoms with Crippen molar-refractivity contribution < 1.29 is 14.7 Å². The molecule has 0 aromatic carbocycles. The number of hydrogen-bond donors (Lipinski definition) is 3. The highest BCUT2D eigenvalue weighted by Crippen LogP contribution is 2.39. The molecule has 2 rings (SSSR count). The van der Waals surface area contributed by atoms with Crippen LogP contribution in [0.25, 0.3) is 0 Å². The minimum absolute atomic E-state index is 0.329. The van der Waals surface area contributed by atoms with Gasteiger partial charge in [0.1, 0.15) is 0 Å². The highest BCUT2D eigenvalue weighted by atomic mass is 16.7. The average molecular weight is 257 g/mol. The van der Waals surface area contributed by atoms with Crippen molar-refractivity contribution in [2.75, 3.05) is 19.6 Å². The van der Waals surface area contributed by atoms with Gasteiger partial charge in [0, 0.05) is 25.6 Å². The van der Waals surface area contributed by atoms with Gasteiger partial charge in [0.05, 0.1) is 12.0 Å². The predicted octanol–water partition coefficient (Wildman–Crippen LogP) is -0.0750. The van der Waals surface area contributed by atoms with Crippen LogP contribution in [0.2, 0.25) is 0 Å². The first-order valence-corrected chi connectivity index (χ1v) is 6.74. The number of carbonyl (C=O) groups is 1. The topological polar surface area (TPSA) is 87.8 Å². The maximum atomic E-state index is 11.2. The van der Waals surface area contributed by atoms with Gasteiger partial charge in [0.15, 0.2) is 0 Å². The van der Waals surface area contributed by atoms with Gasteiger partial charge >= 0.3 is 5.97 Å². The summed E-state index contributed by atoms with van der Waals surface area (Å²) in [7, 11) is 0. The predicted molar refractivity (Wildman–Crippen MR) is 66.0 cm³/mol. The number of rotatable bonds is 4. The molecule has 104 valence electrons. The van der Waals surface area contributed by atoms with E-state index in [1.165, 1.54) is 6.42 Å². The summed E-state index contributed by atoms with van der Waals surface area (Å²) in [6.07, 6.45) is 5.53. The Balaban J connectivity index is 1.78. The fourth-order valence-corrected chi connectivity index (χ4v) is 3.21. The molecule has 2 unspecified atom stereocenters. The third-order valence-electron chi connectivity index (χ3n) is 4.32. The molecule has 1 aliphatic heterocycles. The lowest BCUT2D eigenvalue weighted by Gasteiger charge is -2.47. The smallest absolute Gasteiger partial charge is 0.327 e. The highest BCUT2D eigenvalue weighted by molar-refractivity contribution is 5.69. The average Bonchev–Trinajstić information content (AvgIpc) is 2.36. The van der Waals surface area contributed by atoms with E-state index >= 15 is 0 Å². The van der Waals surface area contributed by atoms with E-state index in [1.807, 2.05) is 5.59 Å². The molecule has 2 fully saturated rings. The molecule has 0 aromatic heterocycles. The molecule has 0 radical (unpaired) electrons. The highest BCUT2D eigenvalue weighted by Gasteiger charge is 2.42. The van der Waals surface area contributed by atoms with E-state index in [0.717, 1.165) is 38.8 Å². The van der Waals surface area contributed by atoms with E-state index < -0.39 is 5.60 Å². The van der Waals surface area contributed by atoms with Gasteiger partial charge in [-0.3, -0.25) is 4.79 Å². The van der Waals surface area contributed by atoms with Crippen molar-refractivity contribution in [3.63, 3.8) is 0 Å². The Morgan fingerprint density at radius 3 is 3.11 bits per heavy atom. The Hall–Kier alpha value is -0.690. The number of piperidine rings is 1. The lowest BCUT2D eigenvalue weighted by atomic mass is 9.71. The van der Waals surface area contributed by atoms with Crippen LogP contribution in [0, 0.1) is 5.92 Å². The van der Waals surface area contributed by atoms with Crippen LogP contribution in [-0.2, 0) is 9.63 Å². The summed E-state index contributed by atoms with van der Waals surface area (Å²) in [5.74, 6) is 4.92. The summed E-state index contributed by atoms with van der Waals surface area (Å²) in [6, 6.07) is 0. The zero-order chi connectivity index (χ0) is 13.0. The quantitative estimate of drug-likeness (QED) is 0.482. The van der Waals surface area contributed by atoms with Gasteiger partial charge < -0.3 is 14.8 Å². The van der Waals surface area contributed by atoms with Gasteiger partial charge in [0.25, 0.3) is 0 Å². The summed E-state index contributed by atoms with van der Waals surface area (Å²) in [5.41, 5.74) is 1.45. The molecular weight excluding hydrogens is 234 g/mol.